The van der Waals surface area contributed by atoms with Crippen molar-refractivity contribution < 1.29 is 18.4 Å². The number of aliphatic imine (C=N–C) groups is 1. The van der Waals surface area contributed by atoms with Crippen LogP contribution in [0.2, 0.25) is 0 Å². The summed E-state index contributed by atoms with van der Waals surface area (Å²) in [4.78, 5) is 32.8. The van der Waals surface area contributed by atoms with Crippen molar-refractivity contribution in [3.05, 3.63) is 82.1 Å². The van der Waals surface area contributed by atoms with E-state index in [-0.39, 0.29) is 23.1 Å². The molecule has 8 heteroatoms. The molecule has 4 rings (SSSR count). The van der Waals surface area contributed by atoms with E-state index in [0.717, 1.165) is 96.7 Å². The van der Waals surface area contributed by atoms with Crippen molar-refractivity contribution in [1.29, 1.82) is 0 Å². The van der Waals surface area contributed by atoms with Gasteiger partial charge in [-0.25, -0.2) is 0 Å². The SMILES string of the molecule is CC(C)C.CCC.CCC1CC(C)C1.CCC=NC1=CC(c2ccc(C(CCC)(CCC)C(=O)C(C)C)c(C)c2)NC(Nc2ccc(F)nc2F)=C1C.CCCC.CCCC.CCCCC(C)(CC)C(C)=O. The lowest BCUT2D eigenvalue weighted by Crippen LogP contribution is -2.39. The number of hydrogen-bond donors (Lipinski definition) is 2. The van der Waals surface area contributed by atoms with Gasteiger partial charge in [-0.1, -0.05) is 214 Å². The molecule has 72 heavy (non-hydrogen) atoms. The molecule has 0 saturated heterocycles. The van der Waals surface area contributed by atoms with Gasteiger partial charge in [-0.3, -0.25) is 14.6 Å². The minimum atomic E-state index is -0.917. The molecule has 1 fully saturated rings. The monoisotopic (exact) mass is 1010 g/mol. The number of halogens is 2. The number of Topliss-reactive ketones (excluding diaryl/α,β-unsaturated/α-hetero) is 2. The van der Waals surface area contributed by atoms with E-state index in [2.05, 4.69) is 157 Å². The number of pyridine rings is 1. The van der Waals surface area contributed by atoms with E-state index < -0.39 is 17.3 Å². The van der Waals surface area contributed by atoms with E-state index in [9.17, 15) is 18.4 Å². The lowest BCUT2D eigenvalue weighted by atomic mass is 9.66. The number of aryl methyl sites for hydroxylation is 1. The van der Waals surface area contributed by atoms with Crippen LogP contribution in [0.5, 0.6) is 0 Å². The van der Waals surface area contributed by atoms with Gasteiger partial charge < -0.3 is 10.6 Å². The second kappa shape index (κ2) is 41.6. The van der Waals surface area contributed by atoms with Gasteiger partial charge in [0.2, 0.25) is 11.9 Å². The van der Waals surface area contributed by atoms with Crippen LogP contribution in [0.4, 0.5) is 14.5 Å². The number of benzene rings is 1. The molecule has 1 aromatic heterocycles. The number of hydrogen-bond acceptors (Lipinski definition) is 6. The largest absolute Gasteiger partial charge is 0.361 e. The Kier molecular flexibility index (Phi) is 42.0. The molecule has 0 amide bonds. The first-order chi connectivity index (χ1) is 33.9. The van der Waals surface area contributed by atoms with Gasteiger partial charge in [0, 0.05) is 23.1 Å². The molecule has 2 aromatic rings. The van der Waals surface area contributed by atoms with Crippen LogP contribution >= 0.6 is 0 Å². The Morgan fingerprint density at radius 1 is 0.806 bits per heavy atom. The molecular weight excluding hydrogens is 895 g/mol. The summed E-state index contributed by atoms with van der Waals surface area (Å²) in [7, 11) is 0. The van der Waals surface area contributed by atoms with Gasteiger partial charge in [0.15, 0.2) is 0 Å². The number of unbranched alkanes of at least 4 members (excludes halogenated alkanes) is 3. The summed E-state index contributed by atoms with van der Waals surface area (Å²) in [5.41, 5.74) is 4.28. The van der Waals surface area contributed by atoms with E-state index >= 15 is 0 Å². The molecule has 0 spiro atoms. The van der Waals surface area contributed by atoms with Gasteiger partial charge in [0.25, 0.3) is 0 Å². The summed E-state index contributed by atoms with van der Waals surface area (Å²) in [6.07, 6.45) is 23.5. The predicted octanol–water partition coefficient (Wildman–Crippen LogP) is 20.4. The maximum absolute atomic E-state index is 14.4. The fourth-order valence-electron chi connectivity index (χ4n) is 8.16. The number of carbonyl (C=O) groups excluding carboxylic acids is 2. The number of allylic oxidation sites excluding steroid dienone is 1. The molecule has 0 radical (unpaired) electrons. The summed E-state index contributed by atoms with van der Waals surface area (Å²) >= 11 is 0. The first kappa shape index (κ1) is 72.6. The molecule has 2 heterocycles. The minimum Gasteiger partial charge on any atom is -0.361 e. The lowest BCUT2D eigenvalue weighted by Gasteiger charge is -2.36. The minimum absolute atomic E-state index is 0.0456. The van der Waals surface area contributed by atoms with E-state index in [1.165, 1.54) is 70.3 Å². The van der Waals surface area contributed by atoms with Gasteiger partial charge >= 0.3 is 0 Å². The van der Waals surface area contributed by atoms with Crippen LogP contribution in [0.15, 0.2) is 58.5 Å². The standard InChI is InChI=1S/C32H42F2N4O.C10H20O.C7H14.3C4H10.C3H8/c1-8-15-32(16-9-2,29(39)20(4)5)24-12-11-23(18-21(24)6)27-19-26(35-17-10-3)22(7)31(37-27)36-25-13-14-28(33)38-30(25)34;1-5-7-8-10(4,6-2)9(3)11;1-3-7-4-6(2)5-7;1-4(2)3;2*1-3-4-2;1-3-2/h11-14,17-20,27,36-37H,8-10,15-16H2,1-7H3;5-8H2,1-4H3;6-7H,3-5H2,1-2H3;4H,1-3H3;2*3-4H2,1-2H3;3H2,1-2H3. The smallest absolute Gasteiger partial charge is 0.239 e. The van der Waals surface area contributed by atoms with Crippen LogP contribution in [0.1, 0.15) is 277 Å². The number of rotatable bonds is 20. The molecule has 1 aliphatic carbocycles. The number of aromatic nitrogens is 1. The Hall–Kier alpha value is -3.68. The number of nitrogens with zero attached hydrogens (tertiary/aromatic N) is 2. The summed E-state index contributed by atoms with van der Waals surface area (Å²) in [5.74, 6) is 2.34. The van der Waals surface area contributed by atoms with Crippen molar-refractivity contribution in [3.63, 3.8) is 0 Å². The summed E-state index contributed by atoms with van der Waals surface area (Å²) in [6.45, 7) is 46.4. The van der Waals surface area contributed by atoms with Crippen molar-refractivity contribution in [2.75, 3.05) is 5.32 Å². The Bertz CT molecular complexity index is 1810. The fraction of sp³-hybridized carbons (Fsp3) is 0.719. The topological polar surface area (TPSA) is 83.4 Å². The van der Waals surface area contributed by atoms with Crippen molar-refractivity contribution in [1.82, 2.24) is 10.3 Å². The zero-order chi connectivity index (χ0) is 56.0. The van der Waals surface area contributed by atoms with Crippen molar-refractivity contribution in [3.8, 4) is 0 Å². The van der Waals surface area contributed by atoms with Crippen LogP contribution in [0, 0.1) is 47.9 Å². The third-order valence-electron chi connectivity index (χ3n) is 13.1. The summed E-state index contributed by atoms with van der Waals surface area (Å²) in [5, 5.41) is 6.50. The Morgan fingerprint density at radius 3 is 1.69 bits per heavy atom. The predicted molar refractivity (Wildman–Crippen MR) is 314 cm³/mol. The molecule has 6 nitrogen and oxygen atoms in total. The zero-order valence-electron chi connectivity index (χ0n) is 50.9. The van der Waals surface area contributed by atoms with Crippen molar-refractivity contribution in [2.45, 2.75) is 273 Å². The highest BCUT2D eigenvalue weighted by Gasteiger charge is 2.40. The van der Waals surface area contributed by atoms with Gasteiger partial charge in [0.1, 0.15) is 17.4 Å². The van der Waals surface area contributed by atoms with Crippen LogP contribution in [-0.2, 0) is 15.0 Å². The summed E-state index contributed by atoms with van der Waals surface area (Å²) < 4.78 is 27.7. The lowest BCUT2D eigenvalue weighted by molar-refractivity contribution is -0.128. The van der Waals surface area contributed by atoms with Crippen molar-refractivity contribution >= 4 is 23.5 Å². The second-order valence-electron chi connectivity index (χ2n) is 21.5. The van der Waals surface area contributed by atoms with Crippen LogP contribution < -0.4 is 10.6 Å². The van der Waals surface area contributed by atoms with Gasteiger partial charge in [0.05, 0.1) is 22.8 Å². The number of carbonyl (C=O) groups is 2. The number of nitrogens with one attached hydrogen (secondary N) is 2. The van der Waals surface area contributed by atoms with Gasteiger partial charge in [-0.05, 0) is 118 Å². The zero-order valence-corrected chi connectivity index (χ0v) is 50.9. The Morgan fingerprint density at radius 2 is 1.33 bits per heavy atom. The Balaban J connectivity index is -0.00000116. The van der Waals surface area contributed by atoms with E-state index in [1.807, 2.05) is 40.0 Å². The van der Waals surface area contributed by atoms with E-state index in [4.69, 9.17) is 0 Å². The van der Waals surface area contributed by atoms with Crippen LogP contribution in [0.3, 0.4) is 0 Å². The molecular formula is C64H114F2N4O2. The molecule has 0 bridgehead atoms. The Labute approximate surface area is 444 Å². The van der Waals surface area contributed by atoms with Gasteiger partial charge in [-0.15, -0.1) is 0 Å². The summed E-state index contributed by atoms with van der Waals surface area (Å²) in [6, 6.07) is 8.51. The molecule has 2 N–H and O–H groups in total. The average molecular weight is 1010 g/mol. The maximum atomic E-state index is 14.4. The van der Waals surface area contributed by atoms with E-state index in [1.54, 1.807) is 6.92 Å². The van der Waals surface area contributed by atoms with E-state index in [0.29, 0.717) is 17.4 Å². The third kappa shape index (κ3) is 28.1. The van der Waals surface area contributed by atoms with Crippen LogP contribution in [-0.4, -0.2) is 22.8 Å². The fourth-order valence-corrected chi connectivity index (χ4v) is 8.16. The van der Waals surface area contributed by atoms with Crippen molar-refractivity contribution in [2.24, 2.45) is 34.1 Å². The number of anilines is 1. The second-order valence-corrected chi connectivity index (χ2v) is 21.5. The highest BCUT2D eigenvalue weighted by Crippen LogP contribution is 2.41. The first-order valence-electron chi connectivity index (χ1n) is 28.9. The highest BCUT2D eigenvalue weighted by atomic mass is 19.1. The quantitative estimate of drug-likeness (QED) is 0.102. The molecule has 2 unspecified atom stereocenters. The normalized spacial score (nSPS) is 16.6. The molecule has 416 valence electrons. The third-order valence-corrected chi connectivity index (χ3v) is 13.1. The molecule has 1 aliphatic heterocycles. The molecule has 2 atom stereocenters. The number of ketones is 2. The molecule has 1 aromatic carbocycles. The highest BCUT2D eigenvalue weighted by molar-refractivity contribution is 5.92. The molecule has 2 aliphatic rings. The molecule has 1 saturated carbocycles. The maximum Gasteiger partial charge on any atom is 0.239 e. The van der Waals surface area contributed by atoms with Gasteiger partial charge in [-0.2, -0.15) is 13.8 Å². The van der Waals surface area contributed by atoms with Crippen LogP contribution in [0.25, 0.3) is 0 Å². The average Bonchev–Trinajstić information content (AvgIpc) is 3.33. The number of dihydropyridines is 1. The first-order valence-corrected chi connectivity index (χ1v) is 28.9.